The molecule has 1 amide bonds. The molecule has 0 unspecified atom stereocenters. The van der Waals surface area contributed by atoms with E-state index in [1.165, 1.54) is 27.7 Å². The van der Waals surface area contributed by atoms with Crippen molar-refractivity contribution in [1.82, 2.24) is 29.4 Å². The van der Waals surface area contributed by atoms with Crippen LogP contribution in [0.3, 0.4) is 0 Å². The number of carbonyl (C=O) groups excluding carboxylic acids is 1. The molecule has 0 atom stereocenters. The third kappa shape index (κ3) is 4.67. The lowest BCUT2D eigenvalue weighted by Gasteiger charge is -2.20. The zero-order chi connectivity index (χ0) is 22.0. The van der Waals surface area contributed by atoms with E-state index < -0.39 is 11.9 Å². The van der Waals surface area contributed by atoms with Crippen molar-refractivity contribution in [3.63, 3.8) is 0 Å². The summed E-state index contributed by atoms with van der Waals surface area (Å²) in [7, 11) is 0. The number of ether oxygens (including phenoxy) is 1. The Balaban J connectivity index is 1.56. The van der Waals surface area contributed by atoms with E-state index in [0.717, 1.165) is 37.8 Å². The molecule has 1 aliphatic heterocycles. The zero-order valence-corrected chi connectivity index (χ0v) is 16.4. The van der Waals surface area contributed by atoms with Crippen molar-refractivity contribution in [1.29, 1.82) is 0 Å². The van der Waals surface area contributed by atoms with Crippen molar-refractivity contribution >= 4 is 17.1 Å². The van der Waals surface area contributed by atoms with Crippen LogP contribution in [-0.4, -0.2) is 54.8 Å². The first-order valence-electron chi connectivity index (χ1n) is 9.77. The van der Waals surface area contributed by atoms with Crippen molar-refractivity contribution in [3.05, 3.63) is 40.9 Å². The Morgan fingerprint density at radius 3 is 2.39 bits per heavy atom. The highest BCUT2D eigenvalue weighted by Crippen LogP contribution is 2.24. The standard InChI is InChI=1S/C19H19F3N6O3/c20-19(21,22)31-14-7-5-13(6-8-14)28-17-16(24-25-28)18(30)27(12-23-17)11-15(29)26-9-3-1-2-4-10-26/h5-8,12H,1-4,9-11H2. The Hall–Kier alpha value is -3.44. The highest BCUT2D eigenvalue weighted by molar-refractivity contribution is 5.76. The first-order chi connectivity index (χ1) is 14.8. The van der Waals surface area contributed by atoms with Crippen LogP contribution in [0.2, 0.25) is 0 Å². The maximum atomic E-state index is 12.8. The van der Waals surface area contributed by atoms with E-state index in [0.29, 0.717) is 18.8 Å². The predicted molar refractivity (Wildman–Crippen MR) is 103 cm³/mol. The minimum atomic E-state index is -4.79. The monoisotopic (exact) mass is 436 g/mol. The van der Waals surface area contributed by atoms with Gasteiger partial charge in [-0.3, -0.25) is 14.2 Å². The van der Waals surface area contributed by atoms with Gasteiger partial charge in [0, 0.05) is 13.1 Å². The van der Waals surface area contributed by atoms with Gasteiger partial charge in [0.2, 0.25) is 5.91 Å². The summed E-state index contributed by atoms with van der Waals surface area (Å²) in [6.45, 7) is 1.21. The molecule has 1 aliphatic rings. The Kier molecular flexibility index (Phi) is 5.61. The fraction of sp³-hybridized carbons (Fsp3) is 0.421. The second kappa shape index (κ2) is 8.36. The summed E-state index contributed by atoms with van der Waals surface area (Å²) in [5.41, 5.74) is -0.0755. The molecule has 3 heterocycles. The molecule has 0 aliphatic carbocycles. The van der Waals surface area contributed by atoms with Gasteiger partial charge in [-0.2, -0.15) is 4.68 Å². The zero-order valence-electron chi connectivity index (χ0n) is 16.4. The van der Waals surface area contributed by atoms with Gasteiger partial charge in [-0.15, -0.1) is 18.3 Å². The quantitative estimate of drug-likeness (QED) is 0.623. The number of hydrogen-bond acceptors (Lipinski definition) is 6. The predicted octanol–water partition coefficient (Wildman–Crippen LogP) is 2.28. The molecule has 0 N–H and O–H groups in total. The summed E-state index contributed by atoms with van der Waals surface area (Å²) >= 11 is 0. The van der Waals surface area contributed by atoms with Crippen LogP contribution < -0.4 is 10.3 Å². The number of aromatic nitrogens is 5. The van der Waals surface area contributed by atoms with Gasteiger partial charge in [-0.05, 0) is 37.1 Å². The summed E-state index contributed by atoms with van der Waals surface area (Å²) < 4.78 is 43.2. The maximum Gasteiger partial charge on any atom is 0.573 e. The molecule has 9 nitrogen and oxygen atoms in total. The van der Waals surface area contributed by atoms with Crippen LogP contribution in [0, 0.1) is 0 Å². The second-order valence-corrected chi connectivity index (χ2v) is 7.19. The van der Waals surface area contributed by atoms with Crippen LogP contribution >= 0.6 is 0 Å². The summed E-state index contributed by atoms with van der Waals surface area (Å²) in [6.07, 6.45) is 0.520. The fourth-order valence-corrected chi connectivity index (χ4v) is 3.49. The smallest absolute Gasteiger partial charge is 0.406 e. The molecule has 31 heavy (non-hydrogen) atoms. The van der Waals surface area contributed by atoms with Gasteiger partial charge in [0.25, 0.3) is 5.56 Å². The molecule has 1 saturated heterocycles. The van der Waals surface area contributed by atoms with Gasteiger partial charge >= 0.3 is 6.36 Å². The normalized spacial score (nSPS) is 15.1. The van der Waals surface area contributed by atoms with E-state index in [1.54, 1.807) is 4.90 Å². The molecule has 0 radical (unpaired) electrons. The Morgan fingerprint density at radius 2 is 1.74 bits per heavy atom. The summed E-state index contributed by atoms with van der Waals surface area (Å²) in [5, 5.41) is 7.74. The highest BCUT2D eigenvalue weighted by Gasteiger charge is 2.31. The van der Waals surface area contributed by atoms with Crippen molar-refractivity contribution in [2.75, 3.05) is 13.1 Å². The van der Waals surface area contributed by atoms with Gasteiger partial charge in [-0.1, -0.05) is 18.1 Å². The number of fused-ring (bicyclic) bond motifs is 1. The average molecular weight is 436 g/mol. The highest BCUT2D eigenvalue weighted by atomic mass is 19.4. The van der Waals surface area contributed by atoms with Gasteiger partial charge in [0.1, 0.15) is 18.6 Å². The lowest BCUT2D eigenvalue weighted by molar-refractivity contribution is -0.274. The van der Waals surface area contributed by atoms with Crippen LogP contribution in [-0.2, 0) is 11.3 Å². The molecule has 12 heteroatoms. The lowest BCUT2D eigenvalue weighted by atomic mass is 10.2. The number of likely N-dealkylation sites (tertiary alicyclic amines) is 1. The van der Waals surface area contributed by atoms with Crippen LogP contribution in [0.1, 0.15) is 25.7 Å². The van der Waals surface area contributed by atoms with E-state index in [-0.39, 0.29) is 29.4 Å². The lowest BCUT2D eigenvalue weighted by Crippen LogP contribution is -2.37. The first kappa shape index (κ1) is 20.8. The van der Waals surface area contributed by atoms with Crippen LogP contribution in [0.5, 0.6) is 5.75 Å². The molecule has 164 valence electrons. The average Bonchev–Trinajstić information content (AvgIpc) is 2.96. The van der Waals surface area contributed by atoms with Gasteiger partial charge in [-0.25, -0.2) is 4.98 Å². The molecular formula is C19H19F3N6O3. The molecular weight excluding hydrogens is 417 g/mol. The fourth-order valence-electron chi connectivity index (χ4n) is 3.49. The Morgan fingerprint density at radius 1 is 1.06 bits per heavy atom. The third-order valence-electron chi connectivity index (χ3n) is 5.01. The number of carbonyl (C=O) groups is 1. The second-order valence-electron chi connectivity index (χ2n) is 7.19. The number of rotatable bonds is 4. The summed E-state index contributed by atoms with van der Waals surface area (Å²) in [6, 6.07) is 4.92. The molecule has 2 aromatic heterocycles. The molecule has 1 fully saturated rings. The SMILES string of the molecule is O=C(Cn1cnc2c(nnn2-c2ccc(OC(F)(F)F)cc2)c1=O)N1CCCCCC1. The summed E-state index contributed by atoms with van der Waals surface area (Å²) in [5.74, 6) is -0.541. The van der Waals surface area contributed by atoms with Crippen LogP contribution in [0.4, 0.5) is 13.2 Å². The van der Waals surface area contributed by atoms with Crippen LogP contribution in [0.15, 0.2) is 35.4 Å². The van der Waals surface area contributed by atoms with Crippen molar-refractivity contribution < 1.29 is 22.7 Å². The summed E-state index contributed by atoms with van der Waals surface area (Å²) in [4.78, 5) is 31.3. The van der Waals surface area contributed by atoms with E-state index in [2.05, 4.69) is 20.0 Å². The molecule has 0 bridgehead atoms. The minimum Gasteiger partial charge on any atom is -0.406 e. The topological polar surface area (TPSA) is 95.1 Å². The molecule has 3 aromatic rings. The van der Waals surface area contributed by atoms with E-state index >= 15 is 0 Å². The number of benzene rings is 1. The van der Waals surface area contributed by atoms with Crippen molar-refractivity contribution in [2.45, 2.75) is 38.6 Å². The van der Waals surface area contributed by atoms with Crippen LogP contribution in [0.25, 0.3) is 16.9 Å². The third-order valence-corrected chi connectivity index (χ3v) is 5.01. The number of amides is 1. The Bertz CT molecular complexity index is 1130. The maximum absolute atomic E-state index is 12.8. The van der Waals surface area contributed by atoms with E-state index in [4.69, 9.17) is 0 Å². The van der Waals surface area contributed by atoms with Gasteiger partial charge in [0.15, 0.2) is 11.2 Å². The number of hydrogen-bond donors (Lipinski definition) is 0. The molecule has 4 rings (SSSR count). The van der Waals surface area contributed by atoms with E-state index in [9.17, 15) is 22.8 Å². The van der Waals surface area contributed by atoms with Crippen molar-refractivity contribution in [3.8, 4) is 11.4 Å². The molecule has 1 aromatic carbocycles. The van der Waals surface area contributed by atoms with Gasteiger partial charge < -0.3 is 9.64 Å². The Labute approximate surface area is 174 Å². The largest absolute Gasteiger partial charge is 0.573 e. The number of nitrogens with zero attached hydrogens (tertiary/aromatic N) is 6. The number of halogens is 3. The van der Waals surface area contributed by atoms with Gasteiger partial charge in [0.05, 0.1) is 5.69 Å². The van der Waals surface area contributed by atoms with Crippen molar-refractivity contribution in [2.24, 2.45) is 0 Å². The number of alkyl halides is 3. The molecule has 0 saturated carbocycles. The van der Waals surface area contributed by atoms with E-state index in [1.807, 2.05) is 0 Å². The molecule has 0 spiro atoms. The minimum absolute atomic E-state index is 0.0400. The first-order valence-corrected chi connectivity index (χ1v) is 9.77.